The van der Waals surface area contributed by atoms with Gasteiger partial charge in [-0.1, -0.05) is 30.3 Å². The number of aliphatic carboxylic acids is 1. The Kier molecular flexibility index (Phi) is 8.41. The zero-order chi connectivity index (χ0) is 20.5. The molecule has 8 nitrogen and oxygen atoms in total. The number of hydrogen-bond acceptors (Lipinski definition) is 5. The fraction of sp³-hybridized carbons (Fsp3) is 0.550. The number of benzene rings is 1. The first kappa shape index (κ1) is 21.8. The number of aryl methyl sites for hydroxylation is 1. The van der Waals surface area contributed by atoms with Crippen LogP contribution in [0.5, 0.6) is 0 Å². The molecule has 154 valence electrons. The summed E-state index contributed by atoms with van der Waals surface area (Å²) in [6, 6.07) is 7.33. The minimum absolute atomic E-state index is 0.356. The predicted octanol–water partition coefficient (Wildman–Crippen LogP) is 0.246. The van der Waals surface area contributed by atoms with Crippen molar-refractivity contribution in [1.29, 1.82) is 0 Å². The van der Waals surface area contributed by atoms with Gasteiger partial charge < -0.3 is 26.8 Å². The number of likely N-dealkylation sites (tertiary alicyclic amines) is 1. The minimum Gasteiger partial charge on any atom is -0.480 e. The van der Waals surface area contributed by atoms with Crippen molar-refractivity contribution in [3.63, 3.8) is 0 Å². The molecule has 1 aromatic rings. The van der Waals surface area contributed by atoms with E-state index >= 15 is 0 Å². The van der Waals surface area contributed by atoms with Gasteiger partial charge in [0.05, 0.1) is 6.04 Å². The number of carboxylic acid groups (broad SMARTS) is 1. The molecule has 0 saturated carbocycles. The summed E-state index contributed by atoms with van der Waals surface area (Å²) in [6.07, 6.45) is 3.07. The van der Waals surface area contributed by atoms with Gasteiger partial charge in [-0.05, 0) is 50.6 Å². The summed E-state index contributed by atoms with van der Waals surface area (Å²) < 4.78 is 0. The van der Waals surface area contributed by atoms with E-state index in [1.54, 1.807) is 0 Å². The Hall–Kier alpha value is -2.45. The number of nitrogens with two attached hydrogens (primary N) is 2. The Bertz CT molecular complexity index is 667. The molecule has 0 unspecified atom stereocenters. The SMILES string of the molecule is NCCC[C@H](NC(=O)[C@@H](N)CCc1ccccc1)C(=O)N1CCC[C@H]1C(=O)O. The lowest BCUT2D eigenvalue weighted by Crippen LogP contribution is -2.54. The van der Waals surface area contributed by atoms with E-state index in [0.29, 0.717) is 51.6 Å². The molecule has 28 heavy (non-hydrogen) atoms. The Morgan fingerprint density at radius 2 is 1.93 bits per heavy atom. The molecule has 6 N–H and O–H groups in total. The van der Waals surface area contributed by atoms with Crippen LogP contribution in [0, 0.1) is 0 Å². The molecule has 2 amide bonds. The number of hydrogen-bond donors (Lipinski definition) is 4. The van der Waals surface area contributed by atoms with Crippen LogP contribution in [0.4, 0.5) is 0 Å². The summed E-state index contributed by atoms with van der Waals surface area (Å²) in [5.74, 6) is -1.80. The van der Waals surface area contributed by atoms with Crippen molar-refractivity contribution in [3.8, 4) is 0 Å². The van der Waals surface area contributed by atoms with Crippen LogP contribution >= 0.6 is 0 Å². The molecule has 0 spiro atoms. The molecule has 1 aliphatic rings. The van der Waals surface area contributed by atoms with E-state index in [4.69, 9.17) is 11.5 Å². The lowest BCUT2D eigenvalue weighted by Gasteiger charge is -2.28. The van der Waals surface area contributed by atoms with Gasteiger partial charge in [-0.3, -0.25) is 9.59 Å². The maximum absolute atomic E-state index is 12.9. The minimum atomic E-state index is -1.02. The van der Waals surface area contributed by atoms with Crippen LogP contribution in [-0.2, 0) is 20.8 Å². The number of rotatable bonds is 10. The molecule has 1 saturated heterocycles. The molecule has 0 aliphatic carbocycles. The standard InChI is InChI=1S/C20H30N4O4/c21-12-4-8-16(19(26)24-13-5-9-17(24)20(27)28)23-18(25)15(22)11-10-14-6-2-1-3-7-14/h1-3,6-7,15-17H,4-5,8-13,21-22H2,(H,23,25)(H,27,28)/t15-,16-,17-/m0/s1. The van der Waals surface area contributed by atoms with Crippen LogP contribution in [0.15, 0.2) is 30.3 Å². The highest BCUT2D eigenvalue weighted by molar-refractivity contribution is 5.92. The second-order valence-corrected chi connectivity index (χ2v) is 7.15. The van der Waals surface area contributed by atoms with Gasteiger partial charge >= 0.3 is 5.97 Å². The van der Waals surface area contributed by atoms with E-state index in [1.165, 1.54) is 4.90 Å². The number of carbonyl (C=O) groups is 3. The third-order valence-electron chi connectivity index (χ3n) is 5.06. The highest BCUT2D eigenvalue weighted by Crippen LogP contribution is 2.19. The van der Waals surface area contributed by atoms with Crippen LogP contribution in [0.1, 0.15) is 37.7 Å². The molecule has 1 heterocycles. The van der Waals surface area contributed by atoms with E-state index in [1.807, 2.05) is 30.3 Å². The second-order valence-electron chi connectivity index (χ2n) is 7.15. The molecular formula is C20H30N4O4. The van der Waals surface area contributed by atoms with Crippen LogP contribution in [-0.4, -0.2) is 59.0 Å². The summed E-state index contributed by atoms with van der Waals surface area (Å²) in [5, 5.41) is 12.0. The Morgan fingerprint density at radius 1 is 1.21 bits per heavy atom. The molecule has 8 heteroatoms. The average Bonchev–Trinajstić information content (AvgIpc) is 3.19. The number of carboxylic acids is 1. The molecule has 0 aromatic heterocycles. The van der Waals surface area contributed by atoms with Crippen molar-refractivity contribution < 1.29 is 19.5 Å². The van der Waals surface area contributed by atoms with E-state index in [0.717, 1.165) is 5.56 Å². The normalized spacial score (nSPS) is 18.5. The van der Waals surface area contributed by atoms with Gasteiger partial charge in [0.25, 0.3) is 0 Å². The van der Waals surface area contributed by atoms with Crippen molar-refractivity contribution in [2.75, 3.05) is 13.1 Å². The zero-order valence-electron chi connectivity index (χ0n) is 16.0. The van der Waals surface area contributed by atoms with E-state index in [-0.39, 0.29) is 5.91 Å². The second kappa shape index (κ2) is 10.8. The zero-order valence-corrected chi connectivity index (χ0v) is 16.0. The van der Waals surface area contributed by atoms with Crippen LogP contribution in [0.3, 0.4) is 0 Å². The Balaban J connectivity index is 1.96. The fourth-order valence-electron chi connectivity index (χ4n) is 3.44. The monoisotopic (exact) mass is 390 g/mol. The van der Waals surface area contributed by atoms with Crippen molar-refractivity contribution in [2.24, 2.45) is 11.5 Å². The average molecular weight is 390 g/mol. The molecule has 0 bridgehead atoms. The number of amides is 2. The maximum Gasteiger partial charge on any atom is 0.326 e. The first-order valence-corrected chi connectivity index (χ1v) is 9.77. The van der Waals surface area contributed by atoms with Crippen molar-refractivity contribution in [1.82, 2.24) is 10.2 Å². The summed E-state index contributed by atoms with van der Waals surface area (Å²) >= 11 is 0. The Morgan fingerprint density at radius 3 is 2.57 bits per heavy atom. The molecule has 1 fully saturated rings. The molecule has 0 radical (unpaired) electrons. The molecule has 2 rings (SSSR count). The van der Waals surface area contributed by atoms with Gasteiger partial charge in [0.15, 0.2) is 0 Å². The van der Waals surface area contributed by atoms with Crippen molar-refractivity contribution in [2.45, 2.75) is 56.7 Å². The number of carbonyl (C=O) groups excluding carboxylic acids is 2. The highest BCUT2D eigenvalue weighted by atomic mass is 16.4. The van der Waals surface area contributed by atoms with E-state index in [9.17, 15) is 19.5 Å². The van der Waals surface area contributed by atoms with Crippen molar-refractivity contribution >= 4 is 17.8 Å². The quantitative estimate of drug-likeness (QED) is 0.451. The largest absolute Gasteiger partial charge is 0.480 e. The third kappa shape index (κ3) is 6.03. The first-order chi connectivity index (χ1) is 13.4. The van der Waals surface area contributed by atoms with Gasteiger partial charge in [-0.25, -0.2) is 4.79 Å². The van der Waals surface area contributed by atoms with Crippen LogP contribution in [0.25, 0.3) is 0 Å². The lowest BCUT2D eigenvalue weighted by molar-refractivity contribution is -0.149. The fourth-order valence-corrected chi connectivity index (χ4v) is 3.44. The summed E-state index contributed by atoms with van der Waals surface area (Å²) in [4.78, 5) is 38.1. The van der Waals surface area contributed by atoms with E-state index in [2.05, 4.69) is 5.32 Å². The third-order valence-corrected chi connectivity index (χ3v) is 5.06. The number of nitrogens with one attached hydrogen (secondary N) is 1. The van der Waals surface area contributed by atoms with E-state index < -0.39 is 30.0 Å². The Labute approximate surface area is 165 Å². The van der Waals surface area contributed by atoms with Crippen LogP contribution < -0.4 is 16.8 Å². The molecular weight excluding hydrogens is 360 g/mol. The van der Waals surface area contributed by atoms with Gasteiger partial charge in [0.1, 0.15) is 12.1 Å². The summed E-state index contributed by atoms with van der Waals surface area (Å²) in [5.41, 5.74) is 12.7. The number of nitrogens with zero attached hydrogens (tertiary/aromatic N) is 1. The topological polar surface area (TPSA) is 139 Å². The maximum atomic E-state index is 12.9. The lowest BCUT2D eigenvalue weighted by atomic mass is 10.0. The smallest absolute Gasteiger partial charge is 0.326 e. The van der Waals surface area contributed by atoms with Crippen molar-refractivity contribution in [3.05, 3.63) is 35.9 Å². The van der Waals surface area contributed by atoms with Gasteiger partial charge in [-0.2, -0.15) is 0 Å². The highest BCUT2D eigenvalue weighted by Gasteiger charge is 2.37. The summed E-state index contributed by atoms with van der Waals surface area (Å²) in [6.45, 7) is 0.757. The molecule has 1 aromatic carbocycles. The van der Waals surface area contributed by atoms with Gasteiger partial charge in [0.2, 0.25) is 11.8 Å². The van der Waals surface area contributed by atoms with Gasteiger partial charge in [0, 0.05) is 6.54 Å². The molecule has 3 atom stereocenters. The van der Waals surface area contributed by atoms with Crippen LogP contribution in [0.2, 0.25) is 0 Å². The first-order valence-electron chi connectivity index (χ1n) is 9.77. The predicted molar refractivity (Wildman–Crippen MR) is 105 cm³/mol. The van der Waals surface area contributed by atoms with Gasteiger partial charge in [-0.15, -0.1) is 0 Å². The summed E-state index contributed by atoms with van der Waals surface area (Å²) in [7, 11) is 0. The molecule has 1 aliphatic heterocycles.